The van der Waals surface area contributed by atoms with Crippen LogP contribution in [0, 0.1) is 0 Å². The van der Waals surface area contributed by atoms with Gasteiger partial charge in [-0.3, -0.25) is 0 Å². The van der Waals surface area contributed by atoms with Crippen LogP contribution in [0.3, 0.4) is 0 Å². The zero-order chi connectivity index (χ0) is 8.81. The number of nitrogens with one attached hydrogen (secondary N) is 1. The Morgan fingerprint density at radius 2 is 1.67 bits per heavy atom. The van der Waals surface area contributed by atoms with Crippen molar-refractivity contribution in [1.29, 1.82) is 0 Å². The normalized spacial score (nSPS) is 27.5. The van der Waals surface area contributed by atoms with Crippen molar-refractivity contribution >= 4 is 0 Å². The monoisotopic (exact) mass is 169 g/mol. The lowest BCUT2D eigenvalue weighted by Gasteiger charge is -1.97. The van der Waals surface area contributed by atoms with Crippen molar-refractivity contribution in [2.24, 2.45) is 0 Å². The highest BCUT2D eigenvalue weighted by atomic mass is 15.1. The van der Waals surface area contributed by atoms with Gasteiger partial charge in [0.25, 0.3) is 0 Å². The summed E-state index contributed by atoms with van der Waals surface area (Å²) < 4.78 is 0. The summed E-state index contributed by atoms with van der Waals surface area (Å²) in [5.74, 6) is 0. The quantitative estimate of drug-likeness (QED) is 0.459. The molecule has 0 aromatic rings. The third kappa shape index (κ3) is 3.57. The molecule has 0 aromatic carbocycles. The summed E-state index contributed by atoms with van der Waals surface area (Å²) in [5.41, 5.74) is 0. The molecule has 1 heteroatoms. The second-order valence-corrected chi connectivity index (χ2v) is 3.99. The van der Waals surface area contributed by atoms with E-state index in [1.807, 2.05) is 0 Å². The fourth-order valence-corrected chi connectivity index (χ4v) is 1.87. The molecule has 1 N–H and O–H groups in total. The SMILES string of the molecule is CCCCCCCC1N[C@@H]1CC. The lowest BCUT2D eigenvalue weighted by Crippen LogP contribution is -1.92. The fourth-order valence-electron chi connectivity index (χ4n) is 1.87. The number of hydrogen-bond donors (Lipinski definition) is 1. The third-order valence-electron chi connectivity index (χ3n) is 2.86. The summed E-state index contributed by atoms with van der Waals surface area (Å²) in [6.45, 7) is 4.55. The van der Waals surface area contributed by atoms with Crippen LogP contribution in [0.1, 0.15) is 58.8 Å². The van der Waals surface area contributed by atoms with Gasteiger partial charge in [0.05, 0.1) is 0 Å². The van der Waals surface area contributed by atoms with Crippen LogP contribution >= 0.6 is 0 Å². The van der Waals surface area contributed by atoms with Crippen LogP contribution in [-0.2, 0) is 0 Å². The molecule has 1 unspecified atom stereocenters. The van der Waals surface area contributed by atoms with Gasteiger partial charge in [0, 0.05) is 12.1 Å². The van der Waals surface area contributed by atoms with Gasteiger partial charge in [-0.1, -0.05) is 46.0 Å². The van der Waals surface area contributed by atoms with E-state index in [0.29, 0.717) is 0 Å². The van der Waals surface area contributed by atoms with Gasteiger partial charge < -0.3 is 5.32 Å². The second-order valence-electron chi connectivity index (χ2n) is 3.99. The van der Waals surface area contributed by atoms with Crippen LogP contribution in [0.15, 0.2) is 0 Å². The van der Waals surface area contributed by atoms with Crippen molar-refractivity contribution in [2.45, 2.75) is 70.9 Å². The topological polar surface area (TPSA) is 21.9 Å². The first-order valence-electron chi connectivity index (χ1n) is 5.64. The van der Waals surface area contributed by atoms with E-state index in [4.69, 9.17) is 0 Å². The Labute approximate surface area is 76.9 Å². The molecule has 1 aliphatic heterocycles. The van der Waals surface area contributed by atoms with Crippen molar-refractivity contribution in [3.05, 3.63) is 0 Å². The van der Waals surface area contributed by atoms with Gasteiger partial charge in [-0.15, -0.1) is 0 Å². The van der Waals surface area contributed by atoms with Gasteiger partial charge >= 0.3 is 0 Å². The number of unbranched alkanes of at least 4 members (excludes halogenated alkanes) is 4. The van der Waals surface area contributed by atoms with Crippen LogP contribution in [-0.4, -0.2) is 12.1 Å². The Bertz CT molecular complexity index is 112. The summed E-state index contributed by atoms with van der Waals surface area (Å²) in [5, 5.41) is 3.51. The summed E-state index contributed by atoms with van der Waals surface area (Å²) >= 11 is 0. The predicted molar refractivity (Wildman–Crippen MR) is 54.4 cm³/mol. The molecule has 0 radical (unpaired) electrons. The molecule has 0 amide bonds. The molecule has 12 heavy (non-hydrogen) atoms. The minimum atomic E-state index is 0.871. The summed E-state index contributed by atoms with van der Waals surface area (Å²) in [6.07, 6.45) is 9.85. The first-order valence-corrected chi connectivity index (χ1v) is 5.64. The first kappa shape index (κ1) is 10.0. The van der Waals surface area contributed by atoms with E-state index in [-0.39, 0.29) is 0 Å². The maximum absolute atomic E-state index is 3.51. The molecule has 0 aromatic heterocycles. The minimum Gasteiger partial charge on any atom is -0.308 e. The molecule has 1 nitrogen and oxygen atoms in total. The molecule has 1 saturated heterocycles. The van der Waals surface area contributed by atoms with Crippen LogP contribution in [0.4, 0.5) is 0 Å². The minimum absolute atomic E-state index is 0.871. The predicted octanol–water partition coefficient (Wildman–Crippen LogP) is 3.10. The van der Waals surface area contributed by atoms with Crippen molar-refractivity contribution in [2.75, 3.05) is 0 Å². The molecule has 72 valence electrons. The summed E-state index contributed by atoms with van der Waals surface area (Å²) in [6, 6.07) is 1.76. The molecule has 0 bridgehead atoms. The van der Waals surface area contributed by atoms with Crippen LogP contribution in [0.5, 0.6) is 0 Å². The van der Waals surface area contributed by atoms with E-state index >= 15 is 0 Å². The van der Waals surface area contributed by atoms with E-state index in [9.17, 15) is 0 Å². The average molecular weight is 169 g/mol. The van der Waals surface area contributed by atoms with E-state index < -0.39 is 0 Å². The highest BCUT2D eigenvalue weighted by Gasteiger charge is 2.32. The molecular weight excluding hydrogens is 146 g/mol. The van der Waals surface area contributed by atoms with Gasteiger partial charge in [0.2, 0.25) is 0 Å². The van der Waals surface area contributed by atoms with Crippen molar-refractivity contribution in [3.8, 4) is 0 Å². The Kier molecular flexibility index (Phi) is 4.67. The maximum Gasteiger partial charge on any atom is 0.0224 e. The number of rotatable bonds is 7. The van der Waals surface area contributed by atoms with Gasteiger partial charge in [0.1, 0.15) is 0 Å². The molecule has 1 heterocycles. The van der Waals surface area contributed by atoms with Gasteiger partial charge in [0.15, 0.2) is 0 Å². The first-order chi connectivity index (χ1) is 5.88. The zero-order valence-corrected chi connectivity index (χ0v) is 8.60. The van der Waals surface area contributed by atoms with Crippen molar-refractivity contribution < 1.29 is 0 Å². The van der Waals surface area contributed by atoms with E-state index in [1.54, 1.807) is 0 Å². The van der Waals surface area contributed by atoms with E-state index in [0.717, 1.165) is 12.1 Å². The second kappa shape index (κ2) is 5.58. The zero-order valence-electron chi connectivity index (χ0n) is 8.60. The van der Waals surface area contributed by atoms with Crippen LogP contribution in [0.2, 0.25) is 0 Å². The summed E-state index contributed by atoms with van der Waals surface area (Å²) in [7, 11) is 0. The number of hydrogen-bond acceptors (Lipinski definition) is 1. The standard InChI is InChI=1S/C11H23N/c1-3-5-6-7-8-9-11-10(4-2)12-11/h10-12H,3-9H2,1-2H3/t10-,11?/m1/s1. The van der Waals surface area contributed by atoms with Crippen molar-refractivity contribution in [1.82, 2.24) is 5.32 Å². The lowest BCUT2D eigenvalue weighted by atomic mass is 10.1. The lowest BCUT2D eigenvalue weighted by molar-refractivity contribution is 0.598. The molecule has 1 aliphatic rings. The van der Waals surface area contributed by atoms with E-state index in [1.165, 1.54) is 44.9 Å². The van der Waals surface area contributed by atoms with Gasteiger partial charge in [-0.2, -0.15) is 0 Å². The van der Waals surface area contributed by atoms with Gasteiger partial charge in [-0.05, 0) is 12.8 Å². The van der Waals surface area contributed by atoms with Crippen molar-refractivity contribution in [3.63, 3.8) is 0 Å². The third-order valence-corrected chi connectivity index (χ3v) is 2.86. The smallest absolute Gasteiger partial charge is 0.0224 e. The molecule has 1 fully saturated rings. The molecular formula is C11H23N. The molecule has 0 aliphatic carbocycles. The molecule has 0 saturated carbocycles. The Balaban J connectivity index is 1.78. The van der Waals surface area contributed by atoms with Crippen LogP contribution in [0.25, 0.3) is 0 Å². The average Bonchev–Trinajstić information content (AvgIpc) is 2.83. The van der Waals surface area contributed by atoms with E-state index in [2.05, 4.69) is 19.2 Å². The maximum atomic E-state index is 3.51. The fraction of sp³-hybridized carbons (Fsp3) is 1.00. The molecule has 1 rings (SSSR count). The van der Waals surface area contributed by atoms with Crippen LogP contribution < -0.4 is 5.32 Å². The molecule has 0 spiro atoms. The highest BCUT2D eigenvalue weighted by molar-refractivity contribution is 4.96. The Hall–Kier alpha value is -0.0400. The Morgan fingerprint density at radius 3 is 2.25 bits per heavy atom. The Morgan fingerprint density at radius 1 is 0.917 bits per heavy atom. The van der Waals surface area contributed by atoms with Gasteiger partial charge in [-0.25, -0.2) is 0 Å². The molecule has 2 atom stereocenters. The summed E-state index contributed by atoms with van der Waals surface area (Å²) in [4.78, 5) is 0. The highest BCUT2D eigenvalue weighted by Crippen LogP contribution is 2.20. The largest absolute Gasteiger partial charge is 0.308 e.